The summed E-state index contributed by atoms with van der Waals surface area (Å²) in [7, 11) is 35.5. The third kappa shape index (κ3) is 4.38. The predicted molar refractivity (Wildman–Crippen MR) is 138 cm³/mol. The summed E-state index contributed by atoms with van der Waals surface area (Å²) in [5.74, 6) is -8.68. The Labute approximate surface area is 229 Å². The van der Waals surface area contributed by atoms with Crippen molar-refractivity contribution in [3.05, 3.63) is 69.7 Å². The molecule has 1 N–H and O–H groups in total. The second kappa shape index (κ2) is 9.07. The lowest BCUT2D eigenvalue weighted by molar-refractivity contribution is -0.155. The molecule has 7 nitrogen and oxygen atoms in total. The van der Waals surface area contributed by atoms with Crippen LogP contribution in [0, 0.1) is 0 Å². The number of carbonyl (C=O) groups excluding carboxylic acids is 4. The Hall–Kier alpha value is -2.94. The normalized spacial score (nSPS) is 21.1. The lowest BCUT2D eigenvalue weighted by atomic mass is 9.45. The molecule has 0 bridgehead atoms. The van der Waals surface area contributed by atoms with E-state index in [1.54, 1.807) is 0 Å². The van der Waals surface area contributed by atoms with Crippen molar-refractivity contribution in [2.45, 2.75) is 34.9 Å². The van der Waals surface area contributed by atoms with Gasteiger partial charge in [0.05, 0.1) is 36.8 Å². The van der Waals surface area contributed by atoms with Gasteiger partial charge in [0, 0.05) is 22.7 Å². The molecule has 4 rings (SSSR count). The van der Waals surface area contributed by atoms with Gasteiger partial charge in [-0.15, -0.1) is 0 Å². The highest BCUT2D eigenvalue weighted by atomic mass is 35.5. The van der Waals surface area contributed by atoms with Crippen molar-refractivity contribution in [3.8, 4) is 0 Å². The zero-order chi connectivity index (χ0) is 28.4. The number of hydrogen-bond donors (Lipinski definition) is 1. The summed E-state index contributed by atoms with van der Waals surface area (Å²) in [5.41, 5.74) is -2.60. The highest BCUT2D eigenvalue weighted by Crippen LogP contribution is 2.40. The number of alkyl halides is 2. The molecular weight excluding hydrogens is 509 g/mol. The molecule has 0 spiro atoms. The molecule has 1 saturated heterocycles. The van der Waals surface area contributed by atoms with Gasteiger partial charge in [0.15, 0.2) is 0 Å². The van der Waals surface area contributed by atoms with Gasteiger partial charge in [-0.2, -0.15) is 8.78 Å². The van der Waals surface area contributed by atoms with Crippen molar-refractivity contribution in [2.75, 3.05) is 0 Å². The molecule has 0 aromatic heterocycles. The Kier molecular flexibility index (Phi) is 6.70. The molecule has 12 radical (unpaired) electrons. The minimum atomic E-state index is -4.11. The van der Waals surface area contributed by atoms with Crippen LogP contribution in [0.4, 0.5) is 8.78 Å². The van der Waals surface area contributed by atoms with Crippen LogP contribution in [-0.2, 0) is 32.2 Å². The molecule has 16 heteroatoms. The predicted octanol–water partition coefficient (Wildman–Crippen LogP) is -0.188. The average molecular weight is 521 g/mol. The Balaban J connectivity index is 1.62. The van der Waals surface area contributed by atoms with Gasteiger partial charge in [-0.25, -0.2) is 0 Å². The zero-order valence-electron chi connectivity index (χ0n) is 19.6. The molecular formula is C22H12B6ClF2N3O4. The largest absolute Gasteiger partial charge is 0.398 e. The van der Waals surface area contributed by atoms with Crippen molar-refractivity contribution >= 4 is 82.4 Å². The molecule has 1 fully saturated rings. The van der Waals surface area contributed by atoms with Gasteiger partial charge in [-0.1, -0.05) is 35.9 Å². The molecule has 2 heterocycles. The first-order valence-corrected chi connectivity index (χ1v) is 11.3. The molecule has 1 unspecified atom stereocenters. The number of imide groups is 1. The number of piperidine rings is 1. The molecule has 2 aliphatic heterocycles. The van der Waals surface area contributed by atoms with Crippen molar-refractivity contribution in [1.29, 1.82) is 0 Å². The van der Waals surface area contributed by atoms with Crippen molar-refractivity contribution in [3.63, 3.8) is 0 Å². The third-order valence-electron chi connectivity index (χ3n) is 6.55. The van der Waals surface area contributed by atoms with E-state index in [-0.39, 0.29) is 33.1 Å². The van der Waals surface area contributed by atoms with Gasteiger partial charge >= 0.3 is 5.92 Å². The lowest BCUT2D eigenvalue weighted by Gasteiger charge is -2.46. The Morgan fingerprint density at radius 2 is 1.58 bits per heavy atom. The standard InChI is InChI=1S/C22H12B6ClF2N3O4/c23-19(24)9-20(25,17(37)32-16(19)36)33-8-10-7-12(3-6-14(10)15(33)35)22(26,27)34(28)18(38)21(30,31)11-1-4-13(29)5-2-11/h1-7H,8-9H2,(H,32,36,37). The number of halogens is 3. The lowest BCUT2D eigenvalue weighted by Crippen LogP contribution is -2.67. The van der Waals surface area contributed by atoms with Crippen molar-refractivity contribution in [2.24, 2.45) is 0 Å². The van der Waals surface area contributed by atoms with Gasteiger partial charge in [-0.05, 0) is 46.3 Å². The average Bonchev–Trinajstić information content (AvgIpc) is 3.18. The van der Waals surface area contributed by atoms with E-state index in [1.807, 2.05) is 5.32 Å². The molecule has 2 aliphatic rings. The van der Waals surface area contributed by atoms with E-state index < -0.39 is 57.5 Å². The monoisotopic (exact) mass is 521 g/mol. The maximum atomic E-state index is 14.9. The summed E-state index contributed by atoms with van der Waals surface area (Å²) in [6.45, 7) is -0.286. The number of nitrogens with zero attached hydrogens (tertiary/aromatic N) is 2. The highest BCUT2D eigenvalue weighted by Gasteiger charge is 2.53. The number of amides is 4. The summed E-state index contributed by atoms with van der Waals surface area (Å²) < 4.78 is 29.8. The number of carbonyl (C=O) groups is 4. The van der Waals surface area contributed by atoms with E-state index in [0.717, 1.165) is 17.0 Å². The summed E-state index contributed by atoms with van der Waals surface area (Å²) in [4.78, 5) is 51.2. The second-order valence-electron chi connectivity index (χ2n) is 9.27. The van der Waals surface area contributed by atoms with Crippen LogP contribution in [0.1, 0.15) is 33.5 Å². The minimum Gasteiger partial charge on any atom is -0.398 e. The Morgan fingerprint density at radius 3 is 2.18 bits per heavy atom. The van der Waals surface area contributed by atoms with Crippen LogP contribution in [0.15, 0.2) is 42.5 Å². The maximum Gasteiger partial charge on any atom is 0.348 e. The van der Waals surface area contributed by atoms with Crippen LogP contribution in [0.3, 0.4) is 0 Å². The summed E-state index contributed by atoms with van der Waals surface area (Å²) in [5, 5.41) is -2.37. The third-order valence-corrected chi connectivity index (χ3v) is 6.80. The molecule has 0 saturated carbocycles. The Morgan fingerprint density at radius 1 is 1.00 bits per heavy atom. The van der Waals surface area contributed by atoms with Gasteiger partial charge in [-0.3, -0.25) is 24.5 Å². The second-order valence-corrected chi connectivity index (χ2v) is 9.71. The maximum absolute atomic E-state index is 14.9. The molecule has 4 amide bonds. The molecule has 38 heavy (non-hydrogen) atoms. The van der Waals surface area contributed by atoms with E-state index in [9.17, 15) is 28.0 Å². The topological polar surface area (TPSA) is 86.8 Å². The fraction of sp³-hybridized carbons (Fsp3) is 0.273. The van der Waals surface area contributed by atoms with Crippen LogP contribution in [0.2, 0.25) is 10.2 Å². The summed E-state index contributed by atoms with van der Waals surface area (Å²) in [6, 6.07) is 7.97. The summed E-state index contributed by atoms with van der Waals surface area (Å²) in [6.07, 6.45) is -0.584. The van der Waals surface area contributed by atoms with Gasteiger partial charge in [0.25, 0.3) is 11.8 Å². The SMILES string of the molecule is [B]N(C(=O)C(F)(F)c1ccc(Cl)cc1)C([B])([B])c1ccc2c(c1)CN(C1([B])CC([B])([B])C(=O)NC1=O)C2=O. The van der Waals surface area contributed by atoms with Gasteiger partial charge in [0.1, 0.15) is 7.85 Å². The number of nitrogens with one attached hydrogen (secondary N) is 1. The molecule has 1 atom stereocenters. The zero-order valence-corrected chi connectivity index (χ0v) is 20.3. The number of benzene rings is 2. The summed E-state index contributed by atoms with van der Waals surface area (Å²) >= 11 is 5.72. The fourth-order valence-corrected chi connectivity index (χ4v) is 4.41. The van der Waals surface area contributed by atoms with Crippen LogP contribution in [0.25, 0.3) is 0 Å². The first-order valence-electron chi connectivity index (χ1n) is 10.9. The first kappa shape index (κ1) is 28.1. The molecule has 2 aromatic rings. The van der Waals surface area contributed by atoms with Crippen molar-refractivity contribution in [1.82, 2.24) is 15.0 Å². The van der Waals surface area contributed by atoms with Crippen molar-refractivity contribution < 1.29 is 28.0 Å². The molecule has 0 aliphatic carbocycles. The van der Waals surface area contributed by atoms with Crippen LogP contribution in [-0.4, -0.2) is 86.0 Å². The highest BCUT2D eigenvalue weighted by molar-refractivity contribution is 6.53. The quantitative estimate of drug-likeness (QED) is 0.438. The molecule has 178 valence electrons. The van der Waals surface area contributed by atoms with Crippen LogP contribution < -0.4 is 5.32 Å². The van der Waals surface area contributed by atoms with E-state index in [1.165, 1.54) is 30.3 Å². The van der Waals surface area contributed by atoms with E-state index >= 15 is 0 Å². The van der Waals surface area contributed by atoms with Crippen LogP contribution in [0.5, 0.6) is 0 Å². The number of fused-ring (bicyclic) bond motifs is 1. The van der Waals surface area contributed by atoms with Crippen LogP contribution >= 0.6 is 11.6 Å². The number of rotatable bonds is 5. The smallest absolute Gasteiger partial charge is 0.348 e. The minimum absolute atomic E-state index is 0.0142. The Bertz CT molecular complexity index is 1380. The van der Waals surface area contributed by atoms with E-state index in [4.69, 9.17) is 58.8 Å². The van der Waals surface area contributed by atoms with E-state index in [0.29, 0.717) is 0 Å². The molecule has 2 aromatic carbocycles. The van der Waals surface area contributed by atoms with Gasteiger partial charge < -0.3 is 9.71 Å². The first-order chi connectivity index (χ1) is 17.4. The fourth-order valence-electron chi connectivity index (χ4n) is 4.29. The number of hydrogen-bond acceptors (Lipinski definition) is 4. The van der Waals surface area contributed by atoms with E-state index in [2.05, 4.69) is 0 Å². The van der Waals surface area contributed by atoms with Gasteiger partial charge in [0.2, 0.25) is 19.8 Å².